The molecule has 0 saturated carbocycles. The van der Waals surface area contributed by atoms with Crippen molar-refractivity contribution in [3.63, 3.8) is 0 Å². The number of carbonyl (C=O) groups excluding carboxylic acids is 2. The number of nitrogens with one attached hydrogen (secondary N) is 2. The molecule has 2 N–H and O–H groups in total. The summed E-state index contributed by atoms with van der Waals surface area (Å²) in [6.07, 6.45) is 0.513. The van der Waals surface area contributed by atoms with E-state index >= 15 is 0 Å². The monoisotopic (exact) mass is 340 g/mol. The van der Waals surface area contributed by atoms with Gasteiger partial charge >= 0.3 is 5.97 Å². The molecule has 0 unspecified atom stereocenters. The van der Waals surface area contributed by atoms with Crippen LogP contribution < -0.4 is 10.6 Å². The van der Waals surface area contributed by atoms with Gasteiger partial charge in [0.2, 0.25) is 5.91 Å². The maximum atomic E-state index is 11.8. The van der Waals surface area contributed by atoms with Gasteiger partial charge in [-0.2, -0.15) is 0 Å². The zero-order chi connectivity index (χ0) is 14.5. The van der Waals surface area contributed by atoms with Gasteiger partial charge in [-0.25, -0.2) is 4.79 Å². The molecule has 0 atom stereocenters. The summed E-state index contributed by atoms with van der Waals surface area (Å²) in [4.78, 5) is 23.4. The molecule has 1 aromatic rings. The van der Waals surface area contributed by atoms with Gasteiger partial charge < -0.3 is 15.4 Å². The lowest BCUT2D eigenvalue weighted by Crippen LogP contribution is -2.43. The molecule has 20 heavy (non-hydrogen) atoms. The molecule has 1 amide bonds. The van der Waals surface area contributed by atoms with Gasteiger partial charge in [0.15, 0.2) is 0 Å². The molecule has 0 aromatic heterocycles. The summed E-state index contributed by atoms with van der Waals surface area (Å²) >= 11 is 3.36. The lowest BCUT2D eigenvalue weighted by molar-refractivity contribution is -0.117. The third-order valence-corrected chi connectivity index (χ3v) is 3.75. The van der Waals surface area contributed by atoms with Crippen LogP contribution in [0.3, 0.4) is 0 Å². The number of ether oxygens (including phenoxy) is 1. The van der Waals surface area contributed by atoms with Gasteiger partial charge in [-0.1, -0.05) is 0 Å². The van der Waals surface area contributed by atoms with E-state index in [1.54, 1.807) is 25.1 Å². The van der Waals surface area contributed by atoms with Crippen LogP contribution in [0.15, 0.2) is 22.7 Å². The second kappa shape index (κ2) is 6.85. The van der Waals surface area contributed by atoms with E-state index in [-0.39, 0.29) is 11.9 Å². The third-order valence-electron chi connectivity index (χ3n) is 3.09. The maximum absolute atomic E-state index is 11.8. The first-order valence-corrected chi connectivity index (χ1v) is 7.36. The first-order chi connectivity index (χ1) is 9.60. The predicted molar refractivity (Wildman–Crippen MR) is 79.7 cm³/mol. The van der Waals surface area contributed by atoms with Gasteiger partial charge in [0.05, 0.1) is 17.9 Å². The van der Waals surface area contributed by atoms with Crippen molar-refractivity contribution in [3.8, 4) is 0 Å². The van der Waals surface area contributed by atoms with E-state index in [2.05, 4.69) is 26.6 Å². The smallest absolute Gasteiger partial charge is 0.338 e. The van der Waals surface area contributed by atoms with E-state index in [0.29, 0.717) is 34.7 Å². The summed E-state index contributed by atoms with van der Waals surface area (Å²) in [6.45, 7) is 3.90. The molecule has 0 spiro atoms. The minimum absolute atomic E-state index is 0.0129. The molecule has 108 valence electrons. The number of hydrogen-bond donors (Lipinski definition) is 2. The molecule has 5 nitrogen and oxygen atoms in total. The normalized spacial score (nSPS) is 14.5. The van der Waals surface area contributed by atoms with Crippen LogP contribution in [0.1, 0.15) is 23.7 Å². The van der Waals surface area contributed by atoms with Crippen LogP contribution in [0.2, 0.25) is 0 Å². The lowest BCUT2D eigenvalue weighted by Gasteiger charge is -2.26. The molecule has 1 aromatic carbocycles. The number of benzene rings is 1. The summed E-state index contributed by atoms with van der Waals surface area (Å²) in [5, 5.41) is 5.97. The Morgan fingerprint density at radius 3 is 2.75 bits per heavy atom. The summed E-state index contributed by atoms with van der Waals surface area (Å²) in [7, 11) is 0. The fraction of sp³-hybridized carbons (Fsp3) is 0.429. The molecule has 0 aliphatic carbocycles. The molecule has 6 heteroatoms. The second-order valence-electron chi connectivity index (χ2n) is 4.69. The van der Waals surface area contributed by atoms with Crippen LogP contribution in [-0.2, 0) is 9.53 Å². The quantitative estimate of drug-likeness (QED) is 0.806. The predicted octanol–water partition coefficient (Wildman–Crippen LogP) is 2.17. The average Bonchev–Trinajstić information content (AvgIpc) is 2.36. The third kappa shape index (κ3) is 3.80. The van der Waals surface area contributed by atoms with Crippen LogP contribution in [0.25, 0.3) is 0 Å². The summed E-state index contributed by atoms with van der Waals surface area (Å²) in [6, 6.07) is 5.00. The highest BCUT2D eigenvalue weighted by Gasteiger charge is 2.20. The largest absolute Gasteiger partial charge is 0.462 e. The van der Waals surface area contributed by atoms with Crippen LogP contribution in [-0.4, -0.2) is 31.6 Å². The first-order valence-electron chi connectivity index (χ1n) is 6.57. The van der Waals surface area contributed by atoms with Crippen molar-refractivity contribution >= 4 is 33.5 Å². The van der Waals surface area contributed by atoms with Crippen LogP contribution in [0, 0.1) is 5.92 Å². The molecule has 0 bridgehead atoms. The van der Waals surface area contributed by atoms with E-state index in [9.17, 15) is 9.59 Å². The standard InChI is InChI=1S/C14H17BrN2O3/c1-2-20-14(19)10-3-4-12(11(15)6-10)17-13(18)5-9-7-16-8-9/h3-4,6,9,16H,2,5,7-8H2,1H3,(H,17,18). The Hall–Kier alpha value is -1.40. The fourth-order valence-electron chi connectivity index (χ4n) is 1.91. The van der Waals surface area contributed by atoms with E-state index in [1.807, 2.05) is 0 Å². The van der Waals surface area contributed by atoms with Crippen molar-refractivity contribution in [3.05, 3.63) is 28.2 Å². The minimum atomic E-state index is -0.369. The number of amides is 1. The topological polar surface area (TPSA) is 67.4 Å². The maximum Gasteiger partial charge on any atom is 0.338 e. The van der Waals surface area contributed by atoms with Gasteiger partial charge in [-0.05, 0) is 60.1 Å². The van der Waals surface area contributed by atoms with Crippen molar-refractivity contribution < 1.29 is 14.3 Å². The lowest BCUT2D eigenvalue weighted by atomic mass is 9.99. The van der Waals surface area contributed by atoms with Crippen LogP contribution in [0.5, 0.6) is 0 Å². The highest BCUT2D eigenvalue weighted by atomic mass is 79.9. The van der Waals surface area contributed by atoms with Crippen LogP contribution in [0.4, 0.5) is 5.69 Å². The Morgan fingerprint density at radius 2 is 2.20 bits per heavy atom. The highest BCUT2D eigenvalue weighted by molar-refractivity contribution is 9.10. The molecular formula is C14H17BrN2O3. The fourth-order valence-corrected chi connectivity index (χ4v) is 2.39. The molecule has 0 radical (unpaired) electrons. The Kier molecular flexibility index (Phi) is 5.14. The van der Waals surface area contributed by atoms with Gasteiger partial charge in [-0.15, -0.1) is 0 Å². The Labute approximate surface area is 126 Å². The van der Waals surface area contributed by atoms with Gasteiger partial charge in [0, 0.05) is 10.9 Å². The first kappa shape index (κ1) is 15.0. The number of hydrogen-bond acceptors (Lipinski definition) is 4. The Balaban J connectivity index is 1.98. The number of esters is 1. The van der Waals surface area contributed by atoms with E-state index in [0.717, 1.165) is 13.1 Å². The Bertz CT molecular complexity index is 515. The molecule has 1 saturated heterocycles. The van der Waals surface area contributed by atoms with Crippen LogP contribution >= 0.6 is 15.9 Å². The van der Waals surface area contributed by atoms with Gasteiger partial charge in [0.1, 0.15) is 0 Å². The van der Waals surface area contributed by atoms with E-state index in [4.69, 9.17) is 4.74 Å². The molecule has 1 aliphatic rings. The molecule has 2 rings (SSSR count). The molecule has 1 aliphatic heterocycles. The van der Waals surface area contributed by atoms with Crippen molar-refractivity contribution in [2.24, 2.45) is 5.92 Å². The zero-order valence-corrected chi connectivity index (χ0v) is 12.8. The highest BCUT2D eigenvalue weighted by Crippen LogP contribution is 2.24. The number of halogens is 1. The van der Waals surface area contributed by atoms with Crippen molar-refractivity contribution in [2.75, 3.05) is 25.0 Å². The zero-order valence-electron chi connectivity index (χ0n) is 11.2. The summed E-state index contributed by atoms with van der Waals surface area (Å²) in [5.74, 6) is 0.0419. The van der Waals surface area contributed by atoms with Gasteiger partial charge in [0.25, 0.3) is 0 Å². The van der Waals surface area contributed by atoms with Crippen molar-refractivity contribution in [1.29, 1.82) is 0 Å². The summed E-state index contributed by atoms with van der Waals surface area (Å²) in [5.41, 5.74) is 1.12. The van der Waals surface area contributed by atoms with E-state index in [1.165, 1.54) is 0 Å². The van der Waals surface area contributed by atoms with Gasteiger partial charge in [-0.3, -0.25) is 4.79 Å². The number of carbonyl (C=O) groups is 2. The van der Waals surface area contributed by atoms with Crippen molar-refractivity contribution in [2.45, 2.75) is 13.3 Å². The molecule has 1 heterocycles. The number of rotatable bonds is 5. The minimum Gasteiger partial charge on any atom is -0.462 e. The Morgan fingerprint density at radius 1 is 1.45 bits per heavy atom. The molecule has 1 fully saturated rings. The van der Waals surface area contributed by atoms with E-state index < -0.39 is 0 Å². The number of anilines is 1. The average molecular weight is 341 g/mol. The molecular weight excluding hydrogens is 324 g/mol. The van der Waals surface area contributed by atoms with Crippen molar-refractivity contribution in [1.82, 2.24) is 5.32 Å². The SMILES string of the molecule is CCOC(=O)c1ccc(NC(=O)CC2CNC2)c(Br)c1. The second-order valence-corrected chi connectivity index (χ2v) is 5.55. The summed E-state index contributed by atoms with van der Waals surface area (Å²) < 4.78 is 5.59.